The molecule has 0 amide bonds. The van der Waals surface area contributed by atoms with Gasteiger partial charge in [0, 0.05) is 0 Å². The van der Waals surface area contributed by atoms with E-state index in [1.165, 1.54) is 0 Å². The lowest BCUT2D eigenvalue weighted by molar-refractivity contribution is 1.35. The SMILES string of the molecule is C1=C\C/C=C/C=C\C/C=C/1. The lowest BCUT2D eigenvalue weighted by Gasteiger charge is -1.83. The average molecular weight is 132 g/mol. The molecule has 0 nitrogen and oxygen atoms in total. The van der Waals surface area contributed by atoms with Gasteiger partial charge < -0.3 is 0 Å². The number of hydrogen-bond acceptors (Lipinski definition) is 0. The van der Waals surface area contributed by atoms with Crippen molar-refractivity contribution >= 4 is 0 Å². The van der Waals surface area contributed by atoms with Gasteiger partial charge in [-0.15, -0.1) is 0 Å². The predicted molar refractivity (Wildman–Crippen MR) is 45.8 cm³/mol. The van der Waals surface area contributed by atoms with Crippen molar-refractivity contribution in [2.24, 2.45) is 0 Å². The van der Waals surface area contributed by atoms with E-state index in [0.717, 1.165) is 12.8 Å². The first-order chi connectivity index (χ1) is 5.00. The zero-order valence-corrected chi connectivity index (χ0v) is 6.03. The van der Waals surface area contributed by atoms with Gasteiger partial charge >= 0.3 is 0 Å². The molecule has 0 radical (unpaired) electrons. The summed E-state index contributed by atoms with van der Waals surface area (Å²) in [4.78, 5) is 0. The first-order valence-electron chi connectivity index (χ1n) is 3.63. The van der Waals surface area contributed by atoms with Gasteiger partial charge in [0.15, 0.2) is 0 Å². The largest absolute Gasteiger partial charge is 0.0808 e. The molecule has 0 fully saturated rings. The highest BCUT2D eigenvalue weighted by molar-refractivity contribution is 5.12. The molecule has 0 spiro atoms. The van der Waals surface area contributed by atoms with Crippen molar-refractivity contribution in [1.29, 1.82) is 0 Å². The van der Waals surface area contributed by atoms with Crippen LogP contribution in [0.25, 0.3) is 0 Å². The molecule has 0 heteroatoms. The average Bonchev–Trinajstić information content (AvgIpc) is 2.01. The van der Waals surface area contributed by atoms with Crippen LogP contribution in [-0.4, -0.2) is 0 Å². The van der Waals surface area contributed by atoms with Gasteiger partial charge in [0.05, 0.1) is 0 Å². The highest BCUT2D eigenvalue weighted by Crippen LogP contribution is 1.93. The molecule has 0 saturated carbocycles. The van der Waals surface area contributed by atoms with E-state index in [2.05, 4.69) is 48.6 Å². The zero-order valence-electron chi connectivity index (χ0n) is 6.03. The minimum Gasteiger partial charge on any atom is -0.0808 e. The Hall–Kier alpha value is -1.04. The lowest BCUT2D eigenvalue weighted by atomic mass is 10.2. The Balaban J connectivity index is 2.50. The standard InChI is InChI=1S/C10H12/c1-2-4-6-8-10-9-7-5-3-1/h1-4,7-10H,5-6H2/b3-1-,4-2+,9-7+,10-8-. The monoisotopic (exact) mass is 132 g/mol. The normalized spacial score (nSPS) is 30.4. The van der Waals surface area contributed by atoms with Gasteiger partial charge in [-0.2, -0.15) is 0 Å². The number of rotatable bonds is 0. The molecule has 0 N–H and O–H groups in total. The topological polar surface area (TPSA) is 0 Å². The molecule has 1 aliphatic rings. The van der Waals surface area contributed by atoms with Crippen LogP contribution in [0, 0.1) is 0 Å². The third-order valence-electron chi connectivity index (χ3n) is 1.31. The Morgan fingerprint density at radius 2 is 0.800 bits per heavy atom. The van der Waals surface area contributed by atoms with Gasteiger partial charge in [-0.1, -0.05) is 48.6 Å². The maximum absolute atomic E-state index is 2.14. The summed E-state index contributed by atoms with van der Waals surface area (Å²) >= 11 is 0. The molecule has 0 atom stereocenters. The number of hydrogen-bond donors (Lipinski definition) is 0. The Labute approximate surface area is 62.3 Å². The number of allylic oxidation sites excluding steroid dienone is 8. The van der Waals surface area contributed by atoms with Crippen molar-refractivity contribution in [2.45, 2.75) is 12.8 Å². The van der Waals surface area contributed by atoms with Gasteiger partial charge in [0.2, 0.25) is 0 Å². The Morgan fingerprint density at radius 1 is 0.500 bits per heavy atom. The molecule has 0 aromatic rings. The van der Waals surface area contributed by atoms with Crippen molar-refractivity contribution in [2.75, 3.05) is 0 Å². The summed E-state index contributed by atoms with van der Waals surface area (Å²) in [7, 11) is 0. The summed E-state index contributed by atoms with van der Waals surface area (Å²) in [5.41, 5.74) is 0. The fourth-order valence-electron chi connectivity index (χ4n) is 0.786. The first kappa shape index (κ1) is 7.07. The molecular weight excluding hydrogens is 120 g/mol. The molecule has 0 bridgehead atoms. The highest BCUT2D eigenvalue weighted by Gasteiger charge is 1.72. The van der Waals surface area contributed by atoms with Crippen molar-refractivity contribution in [3.63, 3.8) is 0 Å². The van der Waals surface area contributed by atoms with Crippen molar-refractivity contribution in [1.82, 2.24) is 0 Å². The quantitative estimate of drug-likeness (QED) is 0.475. The van der Waals surface area contributed by atoms with Crippen LogP contribution in [0.4, 0.5) is 0 Å². The van der Waals surface area contributed by atoms with E-state index in [0.29, 0.717) is 0 Å². The van der Waals surface area contributed by atoms with E-state index >= 15 is 0 Å². The van der Waals surface area contributed by atoms with Gasteiger partial charge in [0.1, 0.15) is 0 Å². The Kier molecular flexibility index (Phi) is 3.40. The second-order valence-corrected chi connectivity index (χ2v) is 2.18. The van der Waals surface area contributed by atoms with Crippen molar-refractivity contribution in [3.05, 3.63) is 48.6 Å². The van der Waals surface area contributed by atoms with Crippen LogP contribution in [0.15, 0.2) is 48.6 Å². The van der Waals surface area contributed by atoms with Gasteiger partial charge in [0.25, 0.3) is 0 Å². The van der Waals surface area contributed by atoms with Crippen LogP contribution in [0.1, 0.15) is 12.8 Å². The van der Waals surface area contributed by atoms with E-state index in [-0.39, 0.29) is 0 Å². The van der Waals surface area contributed by atoms with E-state index in [4.69, 9.17) is 0 Å². The van der Waals surface area contributed by atoms with Crippen LogP contribution < -0.4 is 0 Å². The maximum Gasteiger partial charge on any atom is -0.0163 e. The second kappa shape index (κ2) is 4.80. The van der Waals surface area contributed by atoms with Crippen LogP contribution in [0.2, 0.25) is 0 Å². The summed E-state index contributed by atoms with van der Waals surface area (Å²) in [6.45, 7) is 0. The summed E-state index contributed by atoms with van der Waals surface area (Å²) in [6, 6.07) is 0. The van der Waals surface area contributed by atoms with Gasteiger partial charge in [-0.3, -0.25) is 0 Å². The molecule has 52 valence electrons. The molecule has 0 unspecified atom stereocenters. The molecule has 0 aromatic heterocycles. The molecule has 10 heavy (non-hydrogen) atoms. The fraction of sp³-hybridized carbons (Fsp3) is 0.200. The van der Waals surface area contributed by atoms with E-state index in [1.54, 1.807) is 0 Å². The van der Waals surface area contributed by atoms with E-state index in [9.17, 15) is 0 Å². The Bertz CT molecular complexity index is 138. The Morgan fingerprint density at radius 3 is 1.10 bits per heavy atom. The van der Waals surface area contributed by atoms with Gasteiger partial charge in [-0.05, 0) is 12.8 Å². The van der Waals surface area contributed by atoms with Crippen LogP contribution >= 0.6 is 0 Å². The van der Waals surface area contributed by atoms with Crippen molar-refractivity contribution in [3.8, 4) is 0 Å². The molecule has 1 rings (SSSR count). The lowest BCUT2D eigenvalue weighted by Crippen LogP contribution is -1.62. The molecule has 1 aliphatic carbocycles. The van der Waals surface area contributed by atoms with Crippen LogP contribution in [-0.2, 0) is 0 Å². The third-order valence-corrected chi connectivity index (χ3v) is 1.31. The van der Waals surface area contributed by atoms with Gasteiger partial charge in [-0.25, -0.2) is 0 Å². The second-order valence-electron chi connectivity index (χ2n) is 2.18. The molecule has 0 heterocycles. The molecule has 0 aromatic carbocycles. The summed E-state index contributed by atoms with van der Waals surface area (Å²) in [5, 5.41) is 0. The minimum absolute atomic E-state index is 1.04. The summed E-state index contributed by atoms with van der Waals surface area (Å²) in [5.74, 6) is 0. The van der Waals surface area contributed by atoms with Crippen molar-refractivity contribution < 1.29 is 0 Å². The fourth-order valence-corrected chi connectivity index (χ4v) is 0.786. The molecule has 0 aliphatic heterocycles. The molecular formula is C10H12. The minimum atomic E-state index is 1.04. The first-order valence-corrected chi connectivity index (χ1v) is 3.63. The maximum atomic E-state index is 2.14. The summed E-state index contributed by atoms with van der Waals surface area (Å²) < 4.78 is 0. The predicted octanol–water partition coefficient (Wildman–Crippen LogP) is 3.01. The molecule has 0 saturated heterocycles. The smallest absolute Gasteiger partial charge is 0.0163 e. The highest BCUT2D eigenvalue weighted by atomic mass is 13.8. The van der Waals surface area contributed by atoms with E-state index < -0.39 is 0 Å². The zero-order chi connectivity index (χ0) is 7.07. The van der Waals surface area contributed by atoms with E-state index in [1.807, 2.05) is 0 Å². The summed E-state index contributed by atoms with van der Waals surface area (Å²) in [6.07, 6.45) is 19.0. The van der Waals surface area contributed by atoms with Crippen LogP contribution in [0.3, 0.4) is 0 Å². The van der Waals surface area contributed by atoms with Crippen LogP contribution in [0.5, 0.6) is 0 Å². The third kappa shape index (κ3) is 3.08.